The molecule has 0 bridgehead atoms. The van der Waals surface area contributed by atoms with Crippen LogP contribution in [0.25, 0.3) is 10.9 Å². The van der Waals surface area contributed by atoms with Crippen LogP contribution in [0.5, 0.6) is 0 Å². The molecule has 1 fully saturated rings. The number of fused-ring (bicyclic) bond motifs is 1. The topological polar surface area (TPSA) is 20.2 Å². The molecule has 136 valence electrons. The highest BCUT2D eigenvalue weighted by atomic mass is 35.5. The van der Waals surface area contributed by atoms with Gasteiger partial charge in [-0.05, 0) is 30.4 Å². The Morgan fingerprint density at radius 1 is 1.04 bits per heavy atom. The van der Waals surface area contributed by atoms with E-state index in [-0.39, 0.29) is 24.8 Å². The molecule has 3 nitrogen and oxygen atoms in total. The third-order valence-corrected chi connectivity index (χ3v) is 4.90. The SMILES string of the molecule is CC(C)CC[C@H](c1cn(C)c2ccccc12)N1CCNCC1.Cl.Cl. The van der Waals surface area contributed by atoms with E-state index in [1.165, 1.54) is 29.3 Å². The maximum absolute atomic E-state index is 3.48. The second-order valence-corrected chi connectivity index (χ2v) is 6.99. The highest BCUT2D eigenvalue weighted by molar-refractivity contribution is 5.86. The summed E-state index contributed by atoms with van der Waals surface area (Å²) in [4.78, 5) is 2.68. The van der Waals surface area contributed by atoms with Crippen LogP contribution in [0, 0.1) is 5.92 Å². The van der Waals surface area contributed by atoms with E-state index in [0.717, 1.165) is 32.1 Å². The molecule has 0 unspecified atom stereocenters. The Balaban J connectivity index is 0.00000144. The van der Waals surface area contributed by atoms with Crippen molar-refractivity contribution >= 4 is 35.7 Å². The molecule has 0 spiro atoms. The van der Waals surface area contributed by atoms with Gasteiger partial charge in [-0.25, -0.2) is 0 Å². The average molecular weight is 372 g/mol. The maximum Gasteiger partial charge on any atom is 0.0481 e. The number of nitrogens with one attached hydrogen (secondary N) is 1. The Labute approximate surface area is 158 Å². The molecule has 3 rings (SSSR count). The van der Waals surface area contributed by atoms with Gasteiger partial charge in [-0.3, -0.25) is 4.90 Å². The molecule has 2 aromatic rings. The van der Waals surface area contributed by atoms with Crippen LogP contribution in [0.3, 0.4) is 0 Å². The van der Waals surface area contributed by atoms with Crippen molar-refractivity contribution in [2.75, 3.05) is 26.2 Å². The fourth-order valence-corrected chi connectivity index (χ4v) is 3.66. The number of hydrogen-bond acceptors (Lipinski definition) is 2. The molecule has 2 heterocycles. The number of para-hydroxylation sites is 1. The lowest BCUT2D eigenvalue weighted by atomic mass is 9.95. The van der Waals surface area contributed by atoms with Crippen molar-refractivity contribution in [2.45, 2.75) is 32.7 Å². The van der Waals surface area contributed by atoms with Gasteiger partial charge < -0.3 is 9.88 Å². The second kappa shape index (κ2) is 9.67. The van der Waals surface area contributed by atoms with E-state index in [1.807, 2.05) is 0 Å². The standard InChI is InChI=1S/C19H29N3.2ClH/c1-15(2)8-9-19(22-12-10-20-11-13-22)17-14-21(3)18-7-5-4-6-16(17)18;;/h4-7,14-15,19-20H,8-13H2,1-3H3;2*1H/t19-;;/m1../s1. The van der Waals surface area contributed by atoms with Crippen LogP contribution in [-0.2, 0) is 7.05 Å². The number of halogens is 2. The fraction of sp³-hybridized carbons (Fsp3) is 0.579. The molecule has 0 saturated carbocycles. The summed E-state index contributed by atoms with van der Waals surface area (Å²) in [5, 5.41) is 4.91. The van der Waals surface area contributed by atoms with Gasteiger partial charge in [0.25, 0.3) is 0 Å². The molecule has 1 aliphatic rings. The Kier molecular flexibility index (Phi) is 8.58. The van der Waals surface area contributed by atoms with Gasteiger partial charge in [-0.2, -0.15) is 0 Å². The van der Waals surface area contributed by atoms with Gasteiger partial charge in [0, 0.05) is 56.4 Å². The minimum absolute atomic E-state index is 0. The molecular weight excluding hydrogens is 341 g/mol. The lowest BCUT2D eigenvalue weighted by Gasteiger charge is -2.35. The number of hydrogen-bond donors (Lipinski definition) is 1. The van der Waals surface area contributed by atoms with Crippen LogP contribution in [-0.4, -0.2) is 35.6 Å². The summed E-state index contributed by atoms with van der Waals surface area (Å²) in [6, 6.07) is 9.38. The summed E-state index contributed by atoms with van der Waals surface area (Å²) in [5.74, 6) is 0.764. The molecule has 24 heavy (non-hydrogen) atoms. The third-order valence-electron chi connectivity index (χ3n) is 4.90. The van der Waals surface area contributed by atoms with Gasteiger partial charge in [-0.1, -0.05) is 32.0 Å². The van der Waals surface area contributed by atoms with Gasteiger partial charge in [0.05, 0.1) is 0 Å². The van der Waals surface area contributed by atoms with Crippen molar-refractivity contribution in [3.8, 4) is 0 Å². The predicted molar refractivity (Wildman–Crippen MR) is 109 cm³/mol. The van der Waals surface area contributed by atoms with Gasteiger partial charge in [0.2, 0.25) is 0 Å². The first-order valence-corrected chi connectivity index (χ1v) is 8.65. The molecule has 1 atom stereocenters. The zero-order valence-corrected chi connectivity index (χ0v) is 16.6. The number of aryl methyl sites for hydroxylation is 1. The average Bonchev–Trinajstić information content (AvgIpc) is 2.86. The van der Waals surface area contributed by atoms with Gasteiger partial charge >= 0.3 is 0 Å². The fourth-order valence-electron chi connectivity index (χ4n) is 3.66. The molecule has 5 heteroatoms. The van der Waals surface area contributed by atoms with Crippen LogP contribution in [0.1, 0.15) is 38.3 Å². The summed E-state index contributed by atoms with van der Waals surface area (Å²) >= 11 is 0. The molecule has 1 aromatic carbocycles. The lowest BCUT2D eigenvalue weighted by molar-refractivity contribution is 0.160. The van der Waals surface area contributed by atoms with Gasteiger partial charge in [-0.15, -0.1) is 24.8 Å². The van der Waals surface area contributed by atoms with Crippen LogP contribution in [0.15, 0.2) is 30.5 Å². The summed E-state index contributed by atoms with van der Waals surface area (Å²) in [6.07, 6.45) is 4.90. The minimum Gasteiger partial charge on any atom is -0.350 e. The number of aromatic nitrogens is 1. The number of piperazine rings is 1. The molecule has 0 radical (unpaired) electrons. The highest BCUT2D eigenvalue weighted by Gasteiger charge is 2.25. The van der Waals surface area contributed by atoms with E-state index in [4.69, 9.17) is 0 Å². The van der Waals surface area contributed by atoms with Crippen molar-refractivity contribution < 1.29 is 0 Å². The Bertz CT molecular complexity index is 618. The van der Waals surface area contributed by atoms with Crippen molar-refractivity contribution in [2.24, 2.45) is 13.0 Å². The first-order valence-electron chi connectivity index (χ1n) is 8.65. The van der Waals surface area contributed by atoms with Gasteiger partial charge in [0.15, 0.2) is 0 Å². The first kappa shape index (κ1) is 21.3. The molecule has 1 saturated heterocycles. The molecule has 0 amide bonds. The van der Waals surface area contributed by atoms with Crippen LogP contribution >= 0.6 is 24.8 Å². The Morgan fingerprint density at radius 3 is 2.38 bits per heavy atom. The van der Waals surface area contributed by atoms with E-state index in [1.54, 1.807) is 0 Å². The van der Waals surface area contributed by atoms with Crippen LogP contribution in [0.2, 0.25) is 0 Å². The van der Waals surface area contributed by atoms with Crippen molar-refractivity contribution in [3.05, 3.63) is 36.0 Å². The quantitative estimate of drug-likeness (QED) is 0.839. The number of benzene rings is 1. The first-order chi connectivity index (χ1) is 10.7. The Hall–Kier alpha value is -0.740. The minimum atomic E-state index is 0. The molecule has 0 aliphatic carbocycles. The van der Waals surface area contributed by atoms with E-state index in [9.17, 15) is 0 Å². The van der Waals surface area contributed by atoms with E-state index >= 15 is 0 Å². The van der Waals surface area contributed by atoms with Crippen molar-refractivity contribution in [1.82, 2.24) is 14.8 Å². The van der Waals surface area contributed by atoms with Crippen molar-refractivity contribution in [1.29, 1.82) is 0 Å². The van der Waals surface area contributed by atoms with E-state index in [2.05, 4.69) is 66.1 Å². The van der Waals surface area contributed by atoms with Crippen LogP contribution < -0.4 is 5.32 Å². The maximum atomic E-state index is 3.48. The van der Waals surface area contributed by atoms with E-state index < -0.39 is 0 Å². The summed E-state index contributed by atoms with van der Waals surface area (Å²) in [7, 11) is 2.17. The summed E-state index contributed by atoms with van der Waals surface area (Å²) in [6.45, 7) is 9.21. The van der Waals surface area contributed by atoms with E-state index in [0.29, 0.717) is 6.04 Å². The monoisotopic (exact) mass is 371 g/mol. The zero-order valence-electron chi connectivity index (χ0n) is 15.0. The zero-order chi connectivity index (χ0) is 15.5. The summed E-state index contributed by atoms with van der Waals surface area (Å²) in [5.41, 5.74) is 2.86. The summed E-state index contributed by atoms with van der Waals surface area (Å²) < 4.78 is 2.29. The molecule has 1 aliphatic heterocycles. The highest BCUT2D eigenvalue weighted by Crippen LogP contribution is 2.33. The smallest absolute Gasteiger partial charge is 0.0481 e. The second-order valence-electron chi connectivity index (χ2n) is 6.99. The normalized spacial score (nSPS) is 16.7. The molecule has 1 aromatic heterocycles. The third kappa shape index (κ3) is 4.66. The lowest BCUT2D eigenvalue weighted by Crippen LogP contribution is -2.45. The largest absolute Gasteiger partial charge is 0.350 e. The van der Waals surface area contributed by atoms with Crippen LogP contribution in [0.4, 0.5) is 0 Å². The van der Waals surface area contributed by atoms with Gasteiger partial charge in [0.1, 0.15) is 0 Å². The molecular formula is C19H31Cl2N3. The number of nitrogens with zero attached hydrogens (tertiary/aromatic N) is 2. The molecule has 1 N–H and O–H groups in total. The number of rotatable bonds is 5. The Morgan fingerprint density at radius 2 is 1.71 bits per heavy atom. The predicted octanol–water partition coefficient (Wildman–Crippen LogP) is 4.40. The van der Waals surface area contributed by atoms with Crippen molar-refractivity contribution in [3.63, 3.8) is 0 Å².